The average molecular weight is 287 g/mol. The maximum Gasteiger partial charge on any atom is 0.317 e. The molecule has 0 fully saturated rings. The number of nitrogens with zero attached hydrogens (tertiary/aromatic N) is 2. The van der Waals surface area contributed by atoms with Crippen LogP contribution in [0, 0.1) is 11.3 Å². The Morgan fingerprint density at radius 1 is 1.33 bits per heavy atom. The lowest BCUT2D eigenvalue weighted by molar-refractivity contribution is -0.138. The van der Waals surface area contributed by atoms with E-state index in [4.69, 9.17) is 10.4 Å². The van der Waals surface area contributed by atoms with Gasteiger partial charge in [-0.25, -0.2) is 0 Å². The minimum absolute atomic E-state index is 0.0295. The highest BCUT2D eigenvalue weighted by Crippen LogP contribution is 2.09. The second-order valence-corrected chi connectivity index (χ2v) is 4.43. The molecule has 0 aliphatic heterocycles. The number of carbonyl (C=O) groups is 2. The Bertz CT molecular complexity index is 546. The topological polar surface area (TPSA) is 93.4 Å². The van der Waals surface area contributed by atoms with Crippen LogP contribution < -0.4 is 5.32 Å². The van der Waals surface area contributed by atoms with Gasteiger partial charge in [-0.1, -0.05) is 18.2 Å². The first-order valence-electron chi connectivity index (χ1n) is 6.36. The standard InChI is InChI=1S/C15H17N3O3/c1-2-9-18(11-15(20)21)10-14(19)17-13-5-3-12(4-6-13)7-8-16/h2-6H,1,7,9-11H2,(H,17,19)(H,20,21). The highest BCUT2D eigenvalue weighted by Gasteiger charge is 2.12. The number of carboxylic acid groups (broad SMARTS) is 1. The highest BCUT2D eigenvalue weighted by atomic mass is 16.4. The maximum atomic E-state index is 11.9. The van der Waals surface area contributed by atoms with Crippen LogP contribution >= 0.6 is 0 Å². The Hall–Kier alpha value is -2.65. The predicted molar refractivity (Wildman–Crippen MR) is 78.7 cm³/mol. The Kier molecular flexibility index (Phi) is 6.65. The summed E-state index contributed by atoms with van der Waals surface area (Å²) in [6, 6.07) is 8.98. The van der Waals surface area contributed by atoms with Crippen LogP contribution in [0.3, 0.4) is 0 Å². The molecule has 0 heterocycles. The van der Waals surface area contributed by atoms with Crippen molar-refractivity contribution in [3.8, 4) is 6.07 Å². The first-order chi connectivity index (χ1) is 10.0. The van der Waals surface area contributed by atoms with E-state index in [1.54, 1.807) is 30.3 Å². The van der Waals surface area contributed by atoms with Gasteiger partial charge in [-0.3, -0.25) is 14.5 Å². The fraction of sp³-hybridized carbons (Fsp3) is 0.267. The summed E-state index contributed by atoms with van der Waals surface area (Å²) in [7, 11) is 0. The second-order valence-electron chi connectivity index (χ2n) is 4.43. The van der Waals surface area contributed by atoms with E-state index in [0.717, 1.165) is 5.56 Å². The smallest absolute Gasteiger partial charge is 0.317 e. The maximum absolute atomic E-state index is 11.9. The van der Waals surface area contributed by atoms with Crippen molar-refractivity contribution in [3.05, 3.63) is 42.5 Å². The fourth-order valence-corrected chi connectivity index (χ4v) is 1.76. The van der Waals surface area contributed by atoms with Crippen LogP contribution in [0.1, 0.15) is 5.56 Å². The lowest BCUT2D eigenvalue weighted by Gasteiger charge is -2.17. The van der Waals surface area contributed by atoms with Crippen molar-refractivity contribution >= 4 is 17.6 Å². The van der Waals surface area contributed by atoms with E-state index in [2.05, 4.69) is 11.9 Å². The Morgan fingerprint density at radius 3 is 2.52 bits per heavy atom. The lowest BCUT2D eigenvalue weighted by Crippen LogP contribution is -2.37. The molecule has 2 N–H and O–H groups in total. The third-order valence-corrected chi connectivity index (χ3v) is 2.63. The quantitative estimate of drug-likeness (QED) is 0.702. The van der Waals surface area contributed by atoms with Crippen molar-refractivity contribution in [2.24, 2.45) is 0 Å². The normalized spacial score (nSPS) is 9.90. The molecule has 0 unspecified atom stereocenters. The van der Waals surface area contributed by atoms with E-state index >= 15 is 0 Å². The third kappa shape index (κ3) is 6.36. The molecule has 0 spiro atoms. The van der Waals surface area contributed by atoms with Crippen LogP contribution in [-0.4, -0.2) is 41.5 Å². The molecule has 0 aliphatic carbocycles. The van der Waals surface area contributed by atoms with Crippen molar-refractivity contribution in [1.29, 1.82) is 5.26 Å². The number of carboxylic acids is 1. The number of carbonyl (C=O) groups excluding carboxylic acids is 1. The van der Waals surface area contributed by atoms with Crippen LogP contribution in [0.15, 0.2) is 36.9 Å². The number of anilines is 1. The average Bonchev–Trinajstić information content (AvgIpc) is 2.40. The zero-order valence-corrected chi connectivity index (χ0v) is 11.6. The number of amides is 1. The molecule has 6 heteroatoms. The van der Waals surface area contributed by atoms with E-state index in [0.29, 0.717) is 18.7 Å². The third-order valence-electron chi connectivity index (χ3n) is 2.63. The van der Waals surface area contributed by atoms with Crippen molar-refractivity contribution in [3.63, 3.8) is 0 Å². The molecule has 1 aromatic rings. The predicted octanol–water partition coefficient (Wildman–Crippen LogP) is 1.26. The molecule has 0 aliphatic rings. The van der Waals surface area contributed by atoms with Gasteiger partial charge in [0.15, 0.2) is 0 Å². The van der Waals surface area contributed by atoms with Crippen molar-refractivity contribution in [2.45, 2.75) is 6.42 Å². The minimum atomic E-state index is -0.995. The molecule has 0 saturated carbocycles. The van der Waals surface area contributed by atoms with Crippen molar-refractivity contribution in [1.82, 2.24) is 4.90 Å². The van der Waals surface area contributed by atoms with E-state index in [1.807, 2.05) is 6.07 Å². The summed E-state index contributed by atoms with van der Waals surface area (Å²) in [5.74, 6) is -1.29. The van der Waals surface area contributed by atoms with Crippen LogP contribution in [0.5, 0.6) is 0 Å². The Balaban J connectivity index is 2.56. The summed E-state index contributed by atoms with van der Waals surface area (Å²) in [6.07, 6.45) is 1.87. The van der Waals surface area contributed by atoms with Gasteiger partial charge in [-0.2, -0.15) is 5.26 Å². The molecule has 6 nitrogen and oxygen atoms in total. The number of nitriles is 1. The summed E-state index contributed by atoms with van der Waals surface area (Å²) in [5, 5.41) is 20.0. The molecule has 1 rings (SSSR count). The van der Waals surface area contributed by atoms with Gasteiger partial charge in [0.05, 0.1) is 25.6 Å². The van der Waals surface area contributed by atoms with Crippen LogP contribution in [0.25, 0.3) is 0 Å². The van der Waals surface area contributed by atoms with Gasteiger partial charge in [0.2, 0.25) is 5.91 Å². The summed E-state index contributed by atoms with van der Waals surface area (Å²) in [5.41, 5.74) is 1.48. The summed E-state index contributed by atoms with van der Waals surface area (Å²) in [6.45, 7) is 3.60. The number of hydrogen-bond donors (Lipinski definition) is 2. The molecule has 0 bridgehead atoms. The largest absolute Gasteiger partial charge is 0.480 e. The van der Waals surface area contributed by atoms with E-state index in [-0.39, 0.29) is 19.0 Å². The lowest BCUT2D eigenvalue weighted by atomic mass is 10.1. The van der Waals surface area contributed by atoms with Gasteiger partial charge >= 0.3 is 5.97 Å². The summed E-state index contributed by atoms with van der Waals surface area (Å²) < 4.78 is 0. The van der Waals surface area contributed by atoms with Crippen molar-refractivity contribution in [2.75, 3.05) is 25.0 Å². The molecule has 1 amide bonds. The molecule has 1 aromatic carbocycles. The molecule has 21 heavy (non-hydrogen) atoms. The number of benzene rings is 1. The fourth-order valence-electron chi connectivity index (χ4n) is 1.76. The van der Waals surface area contributed by atoms with Gasteiger partial charge in [-0.05, 0) is 17.7 Å². The zero-order valence-electron chi connectivity index (χ0n) is 11.6. The van der Waals surface area contributed by atoms with E-state index in [9.17, 15) is 9.59 Å². The van der Waals surface area contributed by atoms with Gasteiger partial charge < -0.3 is 10.4 Å². The monoisotopic (exact) mass is 287 g/mol. The van der Waals surface area contributed by atoms with E-state index < -0.39 is 5.97 Å². The van der Waals surface area contributed by atoms with Gasteiger partial charge in [0.25, 0.3) is 0 Å². The highest BCUT2D eigenvalue weighted by molar-refractivity contribution is 5.92. The first kappa shape index (κ1) is 16.4. The van der Waals surface area contributed by atoms with Gasteiger partial charge in [0.1, 0.15) is 0 Å². The molecular weight excluding hydrogens is 270 g/mol. The SMILES string of the molecule is C=CCN(CC(=O)O)CC(=O)Nc1ccc(CC#N)cc1. The molecule has 0 atom stereocenters. The summed E-state index contributed by atoms with van der Waals surface area (Å²) in [4.78, 5) is 24.0. The molecule has 0 aromatic heterocycles. The zero-order chi connectivity index (χ0) is 15.7. The van der Waals surface area contributed by atoms with Crippen LogP contribution in [0.2, 0.25) is 0 Å². The first-order valence-corrected chi connectivity index (χ1v) is 6.36. The number of hydrogen-bond acceptors (Lipinski definition) is 4. The molecule has 110 valence electrons. The molecule has 0 radical (unpaired) electrons. The Labute approximate surface area is 123 Å². The van der Waals surface area contributed by atoms with Gasteiger partial charge in [-0.15, -0.1) is 6.58 Å². The van der Waals surface area contributed by atoms with Gasteiger partial charge in [0, 0.05) is 12.2 Å². The number of nitrogens with one attached hydrogen (secondary N) is 1. The van der Waals surface area contributed by atoms with Crippen LogP contribution in [0.4, 0.5) is 5.69 Å². The number of rotatable bonds is 8. The minimum Gasteiger partial charge on any atom is -0.480 e. The van der Waals surface area contributed by atoms with Crippen molar-refractivity contribution < 1.29 is 14.7 Å². The van der Waals surface area contributed by atoms with E-state index in [1.165, 1.54) is 4.90 Å². The summed E-state index contributed by atoms with van der Waals surface area (Å²) >= 11 is 0. The molecular formula is C15H17N3O3. The Morgan fingerprint density at radius 2 is 2.00 bits per heavy atom. The van der Waals surface area contributed by atoms with Crippen LogP contribution in [-0.2, 0) is 16.0 Å². The molecule has 0 saturated heterocycles. The second kappa shape index (κ2) is 8.51. The number of aliphatic carboxylic acids is 1.